The van der Waals surface area contributed by atoms with E-state index in [-0.39, 0.29) is 30.5 Å². The molecule has 10 nitrogen and oxygen atoms in total. The van der Waals surface area contributed by atoms with Gasteiger partial charge in [0.25, 0.3) is 0 Å². The van der Waals surface area contributed by atoms with Crippen LogP contribution in [0.2, 0.25) is 0 Å². The molecular formula is C24H24N6O4. The van der Waals surface area contributed by atoms with Gasteiger partial charge in [0.2, 0.25) is 11.9 Å². The summed E-state index contributed by atoms with van der Waals surface area (Å²) in [5.74, 6) is -0.473. The van der Waals surface area contributed by atoms with Crippen LogP contribution in [0, 0.1) is 11.3 Å². The minimum atomic E-state index is -1.13. The van der Waals surface area contributed by atoms with Crippen molar-refractivity contribution in [2.75, 3.05) is 37.7 Å². The first kappa shape index (κ1) is 22.9. The van der Waals surface area contributed by atoms with Gasteiger partial charge in [-0.1, -0.05) is 18.2 Å². The molecule has 3 aromatic rings. The molecule has 0 aliphatic carbocycles. The van der Waals surface area contributed by atoms with Crippen LogP contribution in [0.25, 0.3) is 11.8 Å². The molecule has 1 unspecified atom stereocenters. The number of amides is 1. The third-order valence-electron chi connectivity index (χ3n) is 5.30. The summed E-state index contributed by atoms with van der Waals surface area (Å²) < 4.78 is 12.3. The van der Waals surface area contributed by atoms with Crippen LogP contribution in [0.4, 0.5) is 5.95 Å². The van der Waals surface area contributed by atoms with Gasteiger partial charge < -0.3 is 19.4 Å². The van der Waals surface area contributed by atoms with Gasteiger partial charge in [0, 0.05) is 32.1 Å². The Balaban J connectivity index is 1.48. The van der Waals surface area contributed by atoms with Crippen LogP contribution in [-0.2, 0) is 14.3 Å². The fourth-order valence-corrected chi connectivity index (χ4v) is 3.60. The minimum Gasteiger partial charge on any atom is -0.465 e. The Morgan fingerprint density at radius 1 is 1.15 bits per heavy atom. The van der Waals surface area contributed by atoms with Crippen LogP contribution in [0.5, 0.6) is 0 Å². The van der Waals surface area contributed by atoms with Crippen LogP contribution in [0.3, 0.4) is 0 Å². The Hall–Kier alpha value is -4.23. The zero-order valence-electron chi connectivity index (χ0n) is 18.5. The number of nitriles is 1. The summed E-state index contributed by atoms with van der Waals surface area (Å²) in [6.45, 7) is 2.48. The van der Waals surface area contributed by atoms with Crippen molar-refractivity contribution in [3.05, 3.63) is 66.4 Å². The molecule has 2 aromatic heterocycles. The molecule has 0 saturated carbocycles. The summed E-state index contributed by atoms with van der Waals surface area (Å²) in [4.78, 5) is 27.0. The van der Waals surface area contributed by atoms with Gasteiger partial charge in [0.05, 0.1) is 31.2 Å². The molecule has 0 radical (unpaired) electrons. The van der Waals surface area contributed by atoms with E-state index in [1.54, 1.807) is 16.7 Å². The van der Waals surface area contributed by atoms with E-state index in [4.69, 9.17) is 9.15 Å². The third kappa shape index (κ3) is 5.39. The van der Waals surface area contributed by atoms with Crippen LogP contribution in [0.1, 0.15) is 23.9 Å². The first-order chi connectivity index (χ1) is 16.7. The maximum Gasteiger partial charge on any atom is 0.244 e. The number of ketones is 1. The quantitative estimate of drug-likeness (QED) is 0.481. The number of para-hydroxylation sites is 1. The second kappa shape index (κ2) is 11.1. The number of anilines is 1. The molecule has 174 valence electrons. The SMILES string of the molecule is N#CC(C(=O)CCNC(=O)C=Cc1ccco1)c1nnc(N2CCOCC2)n1-c1ccccc1. The van der Waals surface area contributed by atoms with Crippen molar-refractivity contribution < 1.29 is 18.7 Å². The molecule has 10 heteroatoms. The predicted octanol–water partition coefficient (Wildman–Crippen LogP) is 2.09. The molecule has 1 saturated heterocycles. The van der Waals surface area contributed by atoms with Crippen molar-refractivity contribution in [3.8, 4) is 11.8 Å². The number of aromatic nitrogens is 3. The number of hydrogen-bond acceptors (Lipinski definition) is 8. The lowest BCUT2D eigenvalue weighted by Crippen LogP contribution is -2.38. The third-order valence-corrected chi connectivity index (χ3v) is 5.30. The summed E-state index contributed by atoms with van der Waals surface area (Å²) in [5, 5.41) is 21.0. The average Bonchev–Trinajstić information content (AvgIpc) is 3.55. The number of benzene rings is 1. The lowest BCUT2D eigenvalue weighted by atomic mass is 10.0. The van der Waals surface area contributed by atoms with Crippen LogP contribution in [-0.4, -0.2) is 59.3 Å². The van der Waals surface area contributed by atoms with Gasteiger partial charge in [-0.3, -0.25) is 14.2 Å². The molecule has 34 heavy (non-hydrogen) atoms. The van der Waals surface area contributed by atoms with E-state index in [9.17, 15) is 14.9 Å². The number of rotatable bonds is 9. The van der Waals surface area contributed by atoms with E-state index in [2.05, 4.69) is 21.6 Å². The monoisotopic (exact) mass is 460 g/mol. The van der Waals surface area contributed by atoms with Gasteiger partial charge in [0.15, 0.2) is 17.5 Å². The Bertz CT molecular complexity index is 1170. The fraction of sp³-hybridized carbons (Fsp3) is 0.292. The van der Waals surface area contributed by atoms with E-state index >= 15 is 0 Å². The smallest absolute Gasteiger partial charge is 0.244 e. The fourth-order valence-electron chi connectivity index (χ4n) is 3.60. The van der Waals surface area contributed by atoms with E-state index in [0.29, 0.717) is 38.0 Å². The summed E-state index contributed by atoms with van der Waals surface area (Å²) in [7, 11) is 0. The van der Waals surface area contributed by atoms with Gasteiger partial charge in [-0.25, -0.2) is 0 Å². The zero-order valence-corrected chi connectivity index (χ0v) is 18.5. The Morgan fingerprint density at radius 2 is 1.94 bits per heavy atom. The highest BCUT2D eigenvalue weighted by Gasteiger charge is 2.30. The topological polar surface area (TPSA) is 126 Å². The summed E-state index contributed by atoms with van der Waals surface area (Å²) >= 11 is 0. The van der Waals surface area contributed by atoms with Gasteiger partial charge >= 0.3 is 0 Å². The average molecular weight is 460 g/mol. The van der Waals surface area contributed by atoms with Gasteiger partial charge in [-0.15, -0.1) is 10.2 Å². The first-order valence-corrected chi connectivity index (χ1v) is 10.9. The molecule has 3 heterocycles. The molecule has 1 N–H and O–H groups in total. The molecule has 1 atom stereocenters. The summed E-state index contributed by atoms with van der Waals surface area (Å²) in [6, 6.07) is 14.9. The number of furan rings is 1. The van der Waals surface area contributed by atoms with E-state index in [1.807, 2.05) is 35.2 Å². The summed E-state index contributed by atoms with van der Waals surface area (Å²) in [5.41, 5.74) is 0.758. The Kier molecular flexibility index (Phi) is 7.47. The second-order valence-corrected chi connectivity index (χ2v) is 7.55. The maximum absolute atomic E-state index is 12.9. The number of morpholine rings is 1. The van der Waals surface area contributed by atoms with Crippen LogP contribution >= 0.6 is 0 Å². The molecule has 0 spiro atoms. The largest absolute Gasteiger partial charge is 0.465 e. The van der Waals surface area contributed by atoms with Crippen molar-refractivity contribution in [1.82, 2.24) is 20.1 Å². The summed E-state index contributed by atoms with van der Waals surface area (Å²) in [6.07, 6.45) is 4.35. The normalized spacial score (nSPS) is 14.6. The van der Waals surface area contributed by atoms with Crippen LogP contribution < -0.4 is 10.2 Å². The lowest BCUT2D eigenvalue weighted by Gasteiger charge is -2.28. The molecule has 1 aliphatic rings. The maximum atomic E-state index is 12.9. The standard InChI is InChI=1S/C24H24N6O4/c25-17-20(21(31)10-11-26-22(32)9-8-19-7-4-14-34-19)23-27-28-24(29-12-15-33-16-13-29)30(23)18-5-2-1-3-6-18/h1-9,14,20H,10-13,15-16H2,(H,26,32). The molecular weight excluding hydrogens is 436 g/mol. The first-order valence-electron chi connectivity index (χ1n) is 10.9. The van der Waals surface area contributed by atoms with Crippen molar-refractivity contribution >= 4 is 23.7 Å². The number of nitrogens with zero attached hydrogens (tertiary/aromatic N) is 5. The predicted molar refractivity (Wildman–Crippen MR) is 123 cm³/mol. The number of ether oxygens (including phenoxy) is 1. The number of carbonyl (C=O) groups excluding carboxylic acids is 2. The van der Waals surface area contributed by atoms with Crippen LogP contribution in [0.15, 0.2) is 59.2 Å². The highest BCUT2D eigenvalue weighted by Crippen LogP contribution is 2.26. The van der Waals surface area contributed by atoms with E-state index in [1.165, 1.54) is 18.4 Å². The Morgan fingerprint density at radius 3 is 2.65 bits per heavy atom. The highest BCUT2D eigenvalue weighted by molar-refractivity contribution is 5.92. The number of Topliss-reactive ketones (excluding diaryl/α,β-unsaturated/α-hetero) is 1. The number of carbonyl (C=O) groups is 2. The minimum absolute atomic E-state index is 0.0207. The number of nitrogens with one attached hydrogen (secondary N) is 1. The molecule has 1 aromatic carbocycles. The van der Waals surface area contributed by atoms with Crippen molar-refractivity contribution in [2.45, 2.75) is 12.3 Å². The second-order valence-electron chi connectivity index (χ2n) is 7.55. The van der Waals surface area contributed by atoms with Crippen molar-refractivity contribution in [3.63, 3.8) is 0 Å². The van der Waals surface area contributed by atoms with E-state index < -0.39 is 5.92 Å². The molecule has 4 rings (SSSR count). The zero-order chi connectivity index (χ0) is 23.8. The van der Waals surface area contributed by atoms with Gasteiger partial charge in [0.1, 0.15) is 5.76 Å². The molecule has 0 bridgehead atoms. The van der Waals surface area contributed by atoms with Gasteiger partial charge in [-0.2, -0.15) is 5.26 Å². The molecule has 1 fully saturated rings. The van der Waals surface area contributed by atoms with Gasteiger partial charge in [-0.05, 0) is 30.3 Å². The van der Waals surface area contributed by atoms with Crippen molar-refractivity contribution in [1.29, 1.82) is 5.26 Å². The van der Waals surface area contributed by atoms with E-state index in [0.717, 1.165) is 5.69 Å². The highest BCUT2D eigenvalue weighted by atomic mass is 16.5. The molecule has 1 aliphatic heterocycles. The van der Waals surface area contributed by atoms with Crippen molar-refractivity contribution in [2.24, 2.45) is 0 Å². The molecule has 1 amide bonds. The number of hydrogen-bond donors (Lipinski definition) is 1. The Labute approximate surface area is 196 Å². The lowest BCUT2D eigenvalue weighted by molar-refractivity contribution is -0.119.